The van der Waals surface area contributed by atoms with Gasteiger partial charge in [0.1, 0.15) is 16.4 Å². The van der Waals surface area contributed by atoms with Crippen LogP contribution in [0.4, 0.5) is 0 Å². The van der Waals surface area contributed by atoms with Gasteiger partial charge >= 0.3 is 5.97 Å². The lowest BCUT2D eigenvalue weighted by Crippen LogP contribution is -2.03. The van der Waals surface area contributed by atoms with E-state index in [0.29, 0.717) is 46.1 Å². The summed E-state index contributed by atoms with van der Waals surface area (Å²) in [4.78, 5) is 12.2. The van der Waals surface area contributed by atoms with E-state index in [4.69, 9.17) is 18.9 Å². The van der Waals surface area contributed by atoms with Crippen LogP contribution in [0.3, 0.4) is 0 Å². The highest BCUT2D eigenvalue weighted by Crippen LogP contribution is 2.36. The smallest absolute Gasteiger partial charge is 0.342 e. The Bertz CT molecular complexity index is 1210. The predicted octanol–water partition coefficient (Wildman–Crippen LogP) is 4.82. The molecular weight excluding hydrogens is 573 g/mol. The van der Waals surface area contributed by atoms with E-state index in [1.54, 1.807) is 39.5 Å². The third-order valence-electron chi connectivity index (χ3n) is 4.81. The SMILES string of the molecule is CCn1c(S/C(=C\c2cc(I)c(OC)c(OC)c2)C(=O)O)nnc1-c1cc(OC)cc(OC)c1. The summed E-state index contributed by atoms with van der Waals surface area (Å²) in [7, 11) is 6.24. The number of nitrogens with zero attached hydrogens (tertiary/aromatic N) is 3. The lowest BCUT2D eigenvalue weighted by atomic mass is 10.2. The summed E-state index contributed by atoms with van der Waals surface area (Å²) in [6, 6.07) is 8.97. The highest BCUT2D eigenvalue weighted by molar-refractivity contribution is 14.1. The van der Waals surface area contributed by atoms with Crippen molar-refractivity contribution < 1.29 is 28.8 Å². The number of hydrogen-bond donors (Lipinski definition) is 1. The van der Waals surface area contributed by atoms with Crippen molar-refractivity contribution in [2.45, 2.75) is 18.6 Å². The second kappa shape index (κ2) is 11.5. The van der Waals surface area contributed by atoms with E-state index in [2.05, 4.69) is 32.8 Å². The van der Waals surface area contributed by atoms with Crippen molar-refractivity contribution in [2.24, 2.45) is 0 Å². The number of carbonyl (C=O) groups is 1. The summed E-state index contributed by atoms with van der Waals surface area (Å²) < 4.78 is 24.1. The molecule has 180 valence electrons. The molecule has 11 heteroatoms. The number of rotatable bonds is 10. The van der Waals surface area contributed by atoms with E-state index in [1.807, 2.05) is 29.7 Å². The van der Waals surface area contributed by atoms with E-state index < -0.39 is 5.97 Å². The van der Waals surface area contributed by atoms with Crippen LogP contribution in [0.2, 0.25) is 0 Å². The first-order valence-corrected chi connectivity index (χ1v) is 12.0. The van der Waals surface area contributed by atoms with Crippen LogP contribution >= 0.6 is 34.4 Å². The average molecular weight is 597 g/mol. The number of ether oxygens (including phenoxy) is 4. The maximum atomic E-state index is 12.1. The molecule has 34 heavy (non-hydrogen) atoms. The molecule has 0 radical (unpaired) electrons. The van der Waals surface area contributed by atoms with Gasteiger partial charge < -0.3 is 28.6 Å². The molecule has 0 aliphatic rings. The van der Waals surface area contributed by atoms with Crippen LogP contribution in [-0.2, 0) is 11.3 Å². The highest BCUT2D eigenvalue weighted by atomic mass is 127. The number of thioether (sulfide) groups is 1. The van der Waals surface area contributed by atoms with Gasteiger partial charge in [-0.25, -0.2) is 4.79 Å². The summed E-state index contributed by atoms with van der Waals surface area (Å²) in [5, 5.41) is 18.9. The zero-order valence-electron chi connectivity index (χ0n) is 19.3. The summed E-state index contributed by atoms with van der Waals surface area (Å²) in [6.45, 7) is 2.47. The number of halogens is 1. The van der Waals surface area contributed by atoms with E-state index >= 15 is 0 Å². The lowest BCUT2D eigenvalue weighted by molar-refractivity contribution is -0.131. The summed E-state index contributed by atoms with van der Waals surface area (Å²) >= 11 is 3.14. The first kappa shape index (κ1) is 25.7. The van der Waals surface area contributed by atoms with Gasteiger partial charge in [0.05, 0.1) is 32.0 Å². The Balaban J connectivity index is 2.02. The minimum atomic E-state index is -1.08. The van der Waals surface area contributed by atoms with Gasteiger partial charge in [0, 0.05) is 18.2 Å². The van der Waals surface area contributed by atoms with Crippen LogP contribution in [0, 0.1) is 3.57 Å². The van der Waals surface area contributed by atoms with Gasteiger partial charge in [0.15, 0.2) is 22.5 Å². The first-order valence-electron chi connectivity index (χ1n) is 10.1. The van der Waals surface area contributed by atoms with E-state index in [1.165, 1.54) is 7.11 Å². The van der Waals surface area contributed by atoms with Crippen LogP contribution in [0.5, 0.6) is 23.0 Å². The fraction of sp³-hybridized carbons (Fsp3) is 0.261. The third-order valence-corrected chi connectivity index (χ3v) is 6.61. The van der Waals surface area contributed by atoms with Gasteiger partial charge in [-0.15, -0.1) is 10.2 Å². The predicted molar refractivity (Wildman–Crippen MR) is 138 cm³/mol. The standard InChI is InChI=1S/C23H24IN3O6S/c1-6-27-21(14-10-15(30-2)12-16(11-14)31-3)25-26-23(27)34-19(22(28)29)9-13-7-17(24)20(33-5)18(8-13)32-4/h7-12H,6H2,1-5H3,(H,28,29)/b19-9-. The molecule has 2 aromatic carbocycles. The summed E-state index contributed by atoms with van der Waals surface area (Å²) in [5.41, 5.74) is 1.40. The molecule has 0 spiro atoms. The number of carboxylic acid groups (broad SMARTS) is 1. The van der Waals surface area contributed by atoms with E-state index in [0.717, 1.165) is 20.9 Å². The van der Waals surface area contributed by atoms with Gasteiger partial charge in [-0.05, 0) is 77.2 Å². The number of hydrogen-bond acceptors (Lipinski definition) is 8. The van der Waals surface area contributed by atoms with Gasteiger partial charge in [0.2, 0.25) is 0 Å². The molecule has 9 nitrogen and oxygen atoms in total. The third kappa shape index (κ3) is 5.58. The molecule has 1 aromatic heterocycles. The molecule has 3 rings (SSSR count). The minimum Gasteiger partial charge on any atom is -0.497 e. The highest BCUT2D eigenvalue weighted by Gasteiger charge is 2.20. The van der Waals surface area contributed by atoms with E-state index in [9.17, 15) is 9.90 Å². The molecule has 0 aliphatic carbocycles. The van der Waals surface area contributed by atoms with Crippen LogP contribution in [0.25, 0.3) is 17.5 Å². The van der Waals surface area contributed by atoms with Crippen LogP contribution in [-0.4, -0.2) is 54.3 Å². The van der Waals surface area contributed by atoms with Crippen LogP contribution < -0.4 is 18.9 Å². The second-order valence-electron chi connectivity index (χ2n) is 6.81. The number of carboxylic acids is 1. The molecular formula is C23H24IN3O6S. The van der Waals surface area contributed by atoms with Crippen molar-refractivity contribution in [3.63, 3.8) is 0 Å². The van der Waals surface area contributed by atoms with Crippen molar-refractivity contribution in [2.75, 3.05) is 28.4 Å². The molecule has 1 N–H and O–H groups in total. The Morgan fingerprint density at radius 3 is 2.24 bits per heavy atom. The fourth-order valence-corrected chi connectivity index (χ4v) is 4.94. The molecule has 0 aliphatic heterocycles. The molecule has 0 unspecified atom stereocenters. The van der Waals surface area contributed by atoms with Crippen molar-refractivity contribution in [3.05, 3.63) is 44.4 Å². The van der Waals surface area contributed by atoms with Crippen molar-refractivity contribution in [1.82, 2.24) is 14.8 Å². The molecule has 0 bridgehead atoms. The summed E-state index contributed by atoms with van der Waals surface area (Å²) in [5.74, 6) is 1.83. The Hall–Kier alpha value is -2.93. The summed E-state index contributed by atoms with van der Waals surface area (Å²) in [6.07, 6.45) is 1.57. The number of aromatic nitrogens is 3. The Morgan fingerprint density at radius 2 is 1.71 bits per heavy atom. The maximum absolute atomic E-state index is 12.1. The number of aliphatic carboxylic acids is 1. The fourth-order valence-electron chi connectivity index (χ4n) is 3.21. The normalized spacial score (nSPS) is 11.3. The maximum Gasteiger partial charge on any atom is 0.342 e. The number of methoxy groups -OCH3 is 4. The monoisotopic (exact) mass is 597 g/mol. The molecule has 0 saturated carbocycles. The largest absolute Gasteiger partial charge is 0.497 e. The van der Waals surface area contributed by atoms with E-state index in [-0.39, 0.29) is 4.91 Å². The number of benzene rings is 2. The zero-order chi connectivity index (χ0) is 24.8. The Morgan fingerprint density at radius 1 is 1.03 bits per heavy atom. The van der Waals surface area contributed by atoms with Crippen molar-refractivity contribution in [3.8, 4) is 34.4 Å². The Kier molecular flexibility index (Phi) is 8.67. The van der Waals surface area contributed by atoms with Gasteiger partial charge in [0.25, 0.3) is 0 Å². The zero-order valence-corrected chi connectivity index (χ0v) is 22.3. The average Bonchev–Trinajstić information content (AvgIpc) is 3.25. The Labute approximate surface area is 215 Å². The van der Waals surface area contributed by atoms with Crippen LogP contribution in [0.15, 0.2) is 40.4 Å². The van der Waals surface area contributed by atoms with Gasteiger partial charge in [-0.1, -0.05) is 0 Å². The molecule has 0 fully saturated rings. The topological polar surface area (TPSA) is 105 Å². The minimum absolute atomic E-state index is 0.0832. The lowest BCUT2D eigenvalue weighted by Gasteiger charge is -2.12. The molecule has 3 aromatic rings. The van der Waals surface area contributed by atoms with Gasteiger partial charge in [-0.3, -0.25) is 0 Å². The van der Waals surface area contributed by atoms with Gasteiger partial charge in [-0.2, -0.15) is 0 Å². The molecule has 1 heterocycles. The molecule has 0 atom stereocenters. The van der Waals surface area contributed by atoms with Crippen molar-refractivity contribution >= 4 is 46.4 Å². The second-order valence-corrected chi connectivity index (χ2v) is 8.98. The first-order chi connectivity index (χ1) is 16.3. The quantitative estimate of drug-likeness (QED) is 0.200. The van der Waals surface area contributed by atoms with Crippen molar-refractivity contribution in [1.29, 1.82) is 0 Å². The molecule has 0 saturated heterocycles. The molecule has 0 amide bonds. The van der Waals surface area contributed by atoms with Crippen LogP contribution in [0.1, 0.15) is 12.5 Å².